The average Bonchev–Trinajstić information content (AvgIpc) is 2.57. The minimum atomic E-state index is 0.104. The molecule has 1 N–H and O–H groups in total. The molecule has 1 aliphatic heterocycles. The number of hydrogen-bond donors (Lipinski definition) is 1. The van der Waals surface area contributed by atoms with Gasteiger partial charge in [0, 0.05) is 18.5 Å². The van der Waals surface area contributed by atoms with Crippen molar-refractivity contribution in [1.29, 1.82) is 0 Å². The summed E-state index contributed by atoms with van der Waals surface area (Å²) in [4.78, 5) is 17.1. The first-order chi connectivity index (χ1) is 5.88. The van der Waals surface area contributed by atoms with Gasteiger partial charge in [-0.3, -0.25) is 9.69 Å². The van der Waals surface area contributed by atoms with Crippen LogP contribution >= 0.6 is 11.3 Å². The lowest BCUT2D eigenvalue weighted by Gasteiger charge is -2.25. The van der Waals surface area contributed by atoms with Crippen LogP contribution in [0, 0.1) is 0 Å². The summed E-state index contributed by atoms with van der Waals surface area (Å²) >= 11 is 1.51. The highest BCUT2D eigenvalue weighted by Crippen LogP contribution is 2.14. The fraction of sp³-hybridized carbons (Fsp3) is 0.429. The molecule has 5 heteroatoms. The van der Waals surface area contributed by atoms with Gasteiger partial charge in [-0.25, -0.2) is 4.98 Å². The van der Waals surface area contributed by atoms with Crippen molar-refractivity contribution < 1.29 is 4.79 Å². The van der Waals surface area contributed by atoms with E-state index in [1.165, 1.54) is 11.3 Å². The van der Waals surface area contributed by atoms with Crippen LogP contribution in [0.15, 0.2) is 10.9 Å². The first-order valence-corrected chi connectivity index (χ1v) is 4.71. The highest BCUT2D eigenvalue weighted by molar-refractivity contribution is 7.07. The predicted molar refractivity (Wildman–Crippen MR) is 47.3 cm³/mol. The highest BCUT2D eigenvalue weighted by Gasteiger charge is 2.19. The van der Waals surface area contributed by atoms with Crippen LogP contribution in [0.5, 0.6) is 0 Å². The van der Waals surface area contributed by atoms with Gasteiger partial charge < -0.3 is 5.32 Å². The van der Waals surface area contributed by atoms with E-state index in [2.05, 4.69) is 10.3 Å². The summed E-state index contributed by atoms with van der Waals surface area (Å²) in [5.74, 6) is 0.888. The van der Waals surface area contributed by atoms with Gasteiger partial charge in [0.05, 0.1) is 12.1 Å². The number of amides is 1. The molecule has 0 unspecified atom stereocenters. The van der Waals surface area contributed by atoms with Gasteiger partial charge >= 0.3 is 0 Å². The normalized spacial score (nSPS) is 18.3. The maximum atomic E-state index is 11.3. The van der Waals surface area contributed by atoms with Crippen LogP contribution in [-0.4, -0.2) is 30.5 Å². The Kier molecular flexibility index (Phi) is 2.05. The Morgan fingerprint density at radius 3 is 3.25 bits per heavy atom. The van der Waals surface area contributed by atoms with Gasteiger partial charge in [-0.1, -0.05) is 0 Å². The molecule has 1 aromatic rings. The highest BCUT2D eigenvalue weighted by atomic mass is 32.1. The topological polar surface area (TPSA) is 45.2 Å². The molecule has 1 fully saturated rings. The molecule has 2 rings (SSSR count). The van der Waals surface area contributed by atoms with Gasteiger partial charge in [-0.15, -0.1) is 11.3 Å². The largest absolute Gasteiger partial charge is 0.307 e. The van der Waals surface area contributed by atoms with Crippen molar-refractivity contribution in [1.82, 2.24) is 10.3 Å². The van der Waals surface area contributed by atoms with Crippen molar-refractivity contribution in [3.63, 3.8) is 0 Å². The molecule has 4 nitrogen and oxygen atoms in total. The minimum Gasteiger partial charge on any atom is -0.307 e. The molecule has 0 saturated carbocycles. The van der Waals surface area contributed by atoms with Crippen molar-refractivity contribution in [2.75, 3.05) is 24.5 Å². The molecule has 0 atom stereocenters. The number of anilines is 1. The number of hydrogen-bond acceptors (Lipinski definition) is 4. The number of rotatable bonds is 1. The van der Waals surface area contributed by atoms with Crippen molar-refractivity contribution in [2.45, 2.75) is 0 Å². The second kappa shape index (κ2) is 3.20. The van der Waals surface area contributed by atoms with Gasteiger partial charge in [0.2, 0.25) is 5.91 Å². The molecule has 0 aliphatic carbocycles. The van der Waals surface area contributed by atoms with Gasteiger partial charge in [0.25, 0.3) is 0 Å². The molecule has 64 valence electrons. The van der Waals surface area contributed by atoms with Gasteiger partial charge in [0.1, 0.15) is 5.82 Å². The zero-order valence-electron chi connectivity index (χ0n) is 6.49. The number of aromatic nitrogens is 1. The van der Waals surface area contributed by atoms with Crippen LogP contribution in [0.25, 0.3) is 0 Å². The standard InChI is InChI=1S/C7H9N3OS/c11-7-3-8-1-2-10(7)6-4-12-5-9-6/h4-5,8H,1-3H2. The molecule has 1 aliphatic rings. The Labute approximate surface area is 74.2 Å². The minimum absolute atomic E-state index is 0.104. The molecule has 0 aromatic carbocycles. The Morgan fingerprint density at radius 1 is 1.67 bits per heavy atom. The van der Waals surface area contributed by atoms with Crippen LogP contribution in [0.2, 0.25) is 0 Å². The quantitative estimate of drug-likeness (QED) is 0.670. The van der Waals surface area contributed by atoms with Crippen LogP contribution in [0.3, 0.4) is 0 Å². The Hall–Kier alpha value is -0.940. The lowest BCUT2D eigenvalue weighted by molar-refractivity contribution is -0.118. The third-order valence-corrected chi connectivity index (χ3v) is 2.36. The van der Waals surface area contributed by atoms with E-state index in [0.717, 1.165) is 18.9 Å². The van der Waals surface area contributed by atoms with E-state index < -0.39 is 0 Å². The summed E-state index contributed by atoms with van der Waals surface area (Å²) in [7, 11) is 0. The Morgan fingerprint density at radius 2 is 2.58 bits per heavy atom. The van der Waals surface area contributed by atoms with Crippen molar-refractivity contribution >= 4 is 23.1 Å². The van der Waals surface area contributed by atoms with E-state index in [4.69, 9.17) is 0 Å². The number of carbonyl (C=O) groups is 1. The third kappa shape index (κ3) is 1.33. The first kappa shape index (κ1) is 7.70. The Bertz CT molecular complexity index is 272. The molecule has 2 heterocycles. The average molecular weight is 183 g/mol. The van der Waals surface area contributed by atoms with E-state index in [1.807, 2.05) is 5.38 Å². The van der Waals surface area contributed by atoms with Crippen LogP contribution in [0.1, 0.15) is 0 Å². The number of thiazole rings is 1. The molecule has 1 amide bonds. The fourth-order valence-corrected chi connectivity index (χ4v) is 1.73. The van der Waals surface area contributed by atoms with E-state index in [0.29, 0.717) is 6.54 Å². The maximum absolute atomic E-state index is 11.3. The summed E-state index contributed by atoms with van der Waals surface area (Å²) in [5.41, 5.74) is 1.74. The van der Waals surface area contributed by atoms with Gasteiger partial charge in [-0.05, 0) is 0 Å². The van der Waals surface area contributed by atoms with E-state index in [-0.39, 0.29) is 5.91 Å². The molecule has 0 radical (unpaired) electrons. The summed E-state index contributed by atoms with van der Waals surface area (Å²) in [6.07, 6.45) is 0. The van der Waals surface area contributed by atoms with Gasteiger partial charge in [-0.2, -0.15) is 0 Å². The molecular weight excluding hydrogens is 174 g/mol. The summed E-state index contributed by atoms with van der Waals surface area (Å²) in [6.45, 7) is 2.00. The van der Waals surface area contributed by atoms with Crippen LogP contribution in [-0.2, 0) is 4.79 Å². The van der Waals surface area contributed by atoms with E-state index in [9.17, 15) is 4.79 Å². The van der Waals surface area contributed by atoms with E-state index in [1.54, 1.807) is 10.4 Å². The molecular formula is C7H9N3OS. The second-order valence-corrected chi connectivity index (χ2v) is 3.29. The second-order valence-electron chi connectivity index (χ2n) is 2.57. The van der Waals surface area contributed by atoms with Gasteiger partial charge in [0.15, 0.2) is 0 Å². The van der Waals surface area contributed by atoms with E-state index >= 15 is 0 Å². The number of carbonyl (C=O) groups excluding carboxylic acids is 1. The molecule has 1 aromatic heterocycles. The maximum Gasteiger partial charge on any atom is 0.242 e. The molecule has 0 bridgehead atoms. The van der Waals surface area contributed by atoms with Crippen molar-refractivity contribution in [2.24, 2.45) is 0 Å². The lowest BCUT2D eigenvalue weighted by atomic mass is 10.3. The van der Waals surface area contributed by atoms with Crippen LogP contribution in [0.4, 0.5) is 5.82 Å². The fourth-order valence-electron chi connectivity index (χ4n) is 1.19. The number of nitrogens with one attached hydrogen (secondary N) is 1. The Balaban J connectivity index is 2.17. The lowest BCUT2D eigenvalue weighted by Crippen LogP contribution is -2.48. The van der Waals surface area contributed by atoms with Crippen LogP contribution < -0.4 is 10.2 Å². The van der Waals surface area contributed by atoms with Crippen molar-refractivity contribution in [3.8, 4) is 0 Å². The third-order valence-electron chi connectivity index (χ3n) is 1.79. The summed E-state index contributed by atoms with van der Waals surface area (Å²) < 4.78 is 0. The molecule has 12 heavy (non-hydrogen) atoms. The zero-order valence-corrected chi connectivity index (χ0v) is 7.30. The smallest absolute Gasteiger partial charge is 0.242 e. The predicted octanol–water partition coefficient (Wildman–Crippen LogP) is 0.0793. The van der Waals surface area contributed by atoms with Crippen molar-refractivity contribution in [3.05, 3.63) is 10.9 Å². The number of nitrogens with zero attached hydrogens (tertiary/aromatic N) is 2. The first-order valence-electron chi connectivity index (χ1n) is 3.77. The SMILES string of the molecule is O=C1CNCCN1c1cscn1. The summed E-state index contributed by atoms with van der Waals surface area (Å²) in [6, 6.07) is 0. The number of piperazine rings is 1. The monoisotopic (exact) mass is 183 g/mol. The summed E-state index contributed by atoms with van der Waals surface area (Å²) in [5, 5.41) is 4.90. The molecule has 0 spiro atoms. The molecule has 1 saturated heterocycles. The zero-order chi connectivity index (χ0) is 8.39.